The molecule has 1 N–H and O–H groups in total. The van der Waals surface area contributed by atoms with E-state index in [9.17, 15) is 0 Å². The summed E-state index contributed by atoms with van der Waals surface area (Å²) in [5, 5.41) is 7.68. The minimum atomic E-state index is 0.781. The number of methoxy groups -OCH3 is 1. The van der Waals surface area contributed by atoms with Crippen LogP contribution in [0.15, 0.2) is 24.3 Å². The van der Waals surface area contributed by atoms with Gasteiger partial charge in [-0.3, -0.25) is 4.68 Å². The molecule has 0 saturated heterocycles. The Balaban J connectivity index is 2.49. The van der Waals surface area contributed by atoms with E-state index in [2.05, 4.69) is 23.4 Å². The molecule has 1 aromatic heterocycles. The fourth-order valence-electron chi connectivity index (χ4n) is 2.19. The number of ether oxygens (including phenoxy) is 1. The Morgan fingerprint density at radius 3 is 2.83 bits per heavy atom. The van der Waals surface area contributed by atoms with E-state index in [-0.39, 0.29) is 0 Å². The van der Waals surface area contributed by atoms with Gasteiger partial charge in [0.05, 0.1) is 18.5 Å². The Labute approximate surface area is 108 Å². The van der Waals surface area contributed by atoms with Gasteiger partial charge in [0.2, 0.25) is 0 Å². The molecular formula is C14H19N3O. The third-order valence-corrected chi connectivity index (χ3v) is 3.07. The lowest BCUT2D eigenvalue weighted by atomic mass is 10.1. The van der Waals surface area contributed by atoms with Crippen molar-refractivity contribution < 1.29 is 4.74 Å². The molecule has 4 nitrogen and oxygen atoms in total. The summed E-state index contributed by atoms with van der Waals surface area (Å²) in [4.78, 5) is 0. The van der Waals surface area contributed by atoms with Gasteiger partial charge in [-0.25, -0.2) is 0 Å². The minimum Gasteiger partial charge on any atom is -0.497 e. The number of nitrogens with one attached hydrogen (secondary N) is 1. The largest absolute Gasteiger partial charge is 0.497 e. The van der Waals surface area contributed by atoms with Gasteiger partial charge in [-0.1, -0.05) is 12.1 Å². The first-order valence-electron chi connectivity index (χ1n) is 5.99. The number of aryl methyl sites for hydroxylation is 1. The molecule has 0 unspecified atom stereocenters. The van der Waals surface area contributed by atoms with Gasteiger partial charge >= 0.3 is 0 Å². The minimum absolute atomic E-state index is 0.781. The van der Waals surface area contributed by atoms with Crippen molar-refractivity contribution in [3.63, 3.8) is 0 Å². The highest BCUT2D eigenvalue weighted by molar-refractivity contribution is 5.66. The van der Waals surface area contributed by atoms with E-state index >= 15 is 0 Å². The molecule has 0 amide bonds. The summed E-state index contributed by atoms with van der Waals surface area (Å²) in [7, 11) is 5.59. The zero-order valence-electron chi connectivity index (χ0n) is 11.3. The molecule has 1 heterocycles. The Morgan fingerprint density at radius 1 is 1.39 bits per heavy atom. The van der Waals surface area contributed by atoms with E-state index < -0.39 is 0 Å². The standard InChI is InChI=1S/C14H19N3O/c1-10-13(9-15-2)16-17(3)14(10)11-6-5-7-12(8-11)18-4/h5-8,15H,9H2,1-4H3. The molecule has 0 radical (unpaired) electrons. The van der Waals surface area contributed by atoms with Gasteiger partial charge in [0.1, 0.15) is 5.75 Å². The molecule has 2 aromatic rings. The van der Waals surface area contributed by atoms with Crippen LogP contribution in [0.25, 0.3) is 11.3 Å². The zero-order valence-corrected chi connectivity index (χ0v) is 11.3. The third kappa shape index (κ3) is 2.24. The van der Waals surface area contributed by atoms with Gasteiger partial charge in [0.15, 0.2) is 0 Å². The average molecular weight is 245 g/mol. The second-order valence-electron chi connectivity index (χ2n) is 4.31. The molecule has 0 aliphatic heterocycles. The number of rotatable bonds is 4. The van der Waals surface area contributed by atoms with E-state index in [0.717, 1.165) is 29.2 Å². The average Bonchev–Trinajstić information content (AvgIpc) is 2.65. The van der Waals surface area contributed by atoms with Gasteiger partial charge in [-0.2, -0.15) is 5.10 Å². The maximum absolute atomic E-state index is 5.27. The molecule has 0 aliphatic rings. The quantitative estimate of drug-likeness (QED) is 0.896. The highest BCUT2D eigenvalue weighted by atomic mass is 16.5. The summed E-state index contributed by atoms with van der Waals surface area (Å²) in [5.41, 5.74) is 4.56. The van der Waals surface area contributed by atoms with Crippen molar-refractivity contribution in [1.82, 2.24) is 15.1 Å². The van der Waals surface area contributed by atoms with Crippen LogP contribution in [-0.4, -0.2) is 23.9 Å². The highest BCUT2D eigenvalue weighted by Crippen LogP contribution is 2.27. The first-order valence-corrected chi connectivity index (χ1v) is 5.99. The fourth-order valence-corrected chi connectivity index (χ4v) is 2.19. The molecule has 4 heteroatoms. The fraction of sp³-hybridized carbons (Fsp3) is 0.357. The summed E-state index contributed by atoms with van der Waals surface area (Å²) >= 11 is 0. The molecule has 0 aliphatic carbocycles. The smallest absolute Gasteiger partial charge is 0.119 e. The SMILES string of the molecule is CNCc1nn(C)c(-c2cccc(OC)c2)c1C. The van der Waals surface area contributed by atoms with Gasteiger partial charge < -0.3 is 10.1 Å². The Kier molecular flexibility index (Phi) is 3.67. The maximum atomic E-state index is 5.27. The Hall–Kier alpha value is -1.81. The van der Waals surface area contributed by atoms with E-state index in [0.29, 0.717) is 0 Å². The van der Waals surface area contributed by atoms with Gasteiger partial charge in [-0.05, 0) is 31.7 Å². The molecule has 0 saturated carbocycles. The lowest BCUT2D eigenvalue weighted by Gasteiger charge is -2.06. The van der Waals surface area contributed by atoms with Crippen molar-refractivity contribution in [2.75, 3.05) is 14.2 Å². The third-order valence-electron chi connectivity index (χ3n) is 3.07. The van der Waals surface area contributed by atoms with Crippen LogP contribution in [0.3, 0.4) is 0 Å². The first kappa shape index (κ1) is 12.6. The molecule has 0 fully saturated rings. The van der Waals surface area contributed by atoms with Crippen molar-refractivity contribution in [2.24, 2.45) is 7.05 Å². The molecule has 18 heavy (non-hydrogen) atoms. The van der Waals surface area contributed by atoms with Crippen LogP contribution >= 0.6 is 0 Å². The van der Waals surface area contributed by atoms with Crippen LogP contribution in [0.1, 0.15) is 11.3 Å². The first-order chi connectivity index (χ1) is 8.67. The topological polar surface area (TPSA) is 39.1 Å². The van der Waals surface area contributed by atoms with Crippen molar-refractivity contribution >= 4 is 0 Å². The van der Waals surface area contributed by atoms with E-state index in [4.69, 9.17) is 4.74 Å². The lowest BCUT2D eigenvalue weighted by molar-refractivity contribution is 0.415. The van der Waals surface area contributed by atoms with Crippen molar-refractivity contribution in [3.8, 4) is 17.0 Å². The number of aromatic nitrogens is 2. The summed E-state index contributed by atoms with van der Waals surface area (Å²) in [6.45, 7) is 2.89. The lowest BCUT2D eigenvalue weighted by Crippen LogP contribution is -2.06. The molecule has 0 atom stereocenters. The summed E-state index contributed by atoms with van der Waals surface area (Å²) in [5.74, 6) is 0.864. The summed E-state index contributed by atoms with van der Waals surface area (Å²) < 4.78 is 7.20. The second kappa shape index (κ2) is 5.23. The summed E-state index contributed by atoms with van der Waals surface area (Å²) in [6, 6.07) is 8.06. The van der Waals surface area contributed by atoms with E-state index in [1.54, 1.807) is 7.11 Å². The van der Waals surface area contributed by atoms with Crippen molar-refractivity contribution in [1.29, 1.82) is 0 Å². The predicted molar refractivity (Wildman–Crippen MR) is 72.7 cm³/mol. The molecular weight excluding hydrogens is 226 g/mol. The predicted octanol–water partition coefficient (Wildman–Crippen LogP) is 2.12. The normalized spacial score (nSPS) is 10.7. The Bertz CT molecular complexity index is 546. The monoisotopic (exact) mass is 245 g/mol. The van der Waals surface area contributed by atoms with Gasteiger partial charge in [0.25, 0.3) is 0 Å². The Morgan fingerprint density at radius 2 is 2.17 bits per heavy atom. The van der Waals surface area contributed by atoms with Crippen LogP contribution in [0.2, 0.25) is 0 Å². The summed E-state index contributed by atoms with van der Waals surface area (Å²) in [6.07, 6.45) is 0. The van der Waals surface area contributed by atoms with Crippen LogP contribution in [0.4, 0.5) is 0 Å². The highest BCUT2D eigenvalue weighted by Gasteiger charge is 2.13. The molecule has 2 rings (SSSR count). The zero-order chi connectivity index (χ0) is 13.1. The van der Waals surface area contributed by atoms with Crippen LogP contribution < -0.4 is 10.1 Å². The maximum Gasteiger partial charge on any atom is 0.119 e. The molecule has 1 aromatic carbocycles. The van der Waals surface area contributed by atoms with Crippen molar-refractivity contribution in [3.05, 3.63) is 35.5 Å². The number of hydrogen-bond acceptors (Lipinski definition) is 3. The van der Waals surface area contributed by atoms with Crippen molar-refractivity contribution in [2.45, 2.75) is 13.5 Å². The van der Waals surface area contributed by atoms with Crippen LogP contribution in [0.5, 0.6) is 5.75 Å². The van der Waals surface area contributed by atoms with E-state index in [1.165, 1.54) is 5.56 Å². The van der Waals surface area contributed by atoms with Gasteiger partial charge in [0, 0.05) is 19.2 Å². The second-order valence-corrected chi connectivity index (χ2v) is 4.31. The molecule has 0 spiro atoms. The number of benzene rings is 1. The van der Waals surface area contributed by atoms with Crippen LogP contribution in [0, 0.1) is 6.92 Å². The number of nitrogens with zero attached hydrogens (tertiary/aromatic N) is 2. The van der Waals surface area contributed by atoms with Gasteiger partial charge in [-0.15, -0.1) is 0 Å². The number of hydrogen-bond donors (Lipinski definition) is 1. The molecule has 96 valence electrons. The van der Waals surface area contributed by atoms with E-state index in [1.807, 2.05) is 37.0 Å². The van der Waals surface area contributed by atoms with Crippen LogP contribution in [-0.2, 0) is 13.6 Å². The molecule has 0 bridgehead atoms.